The van der Waals surface area contributed by atoms with Crippen molar-refractivity contribution in [3.63, 3.8) is 0 Å². The zero-order valence-electron chi connectivity index (χ0n) is 37.6. The number of aliphatic carboxylic acids is 3. The molecule has 1 aromatic carbocycles. The molecule has 2 rings (SSSR count). The van der Waals surface area contributed by atoms with Crippen LogP contribution in [-0.4, -0.2) is 147 Å². The van der Waals surface area contributed by atoms with E-state index >= 15 is 0 Å². The highest BCUT2D eigenvalue weighted by Gasteiger charge is 2.45. The number of urea groups is 1. The molecule has 9 amide bonds. The summed E-state index contributed by atoms with van der Waals surface area (Å²) in [5.41, 5.74) is 0.437. The Kier molecular flexibility index (Phi) is 22.2. The van der Waals surface area contributed by atoms with Crippen molar-refractivity contribution in [2.75, 3.05) is 18.4 Å². The van der Waals surface area contributed by atoms with E-state index in [0.717, 1.165) is 11.8 Å². The summed E-state index contributed by atoms with van der Waals surface area (Å²) < 4.78 is 0. The molecule has 0 aliphatic carbocycles. The molecule has 1 aliphatic heterocycles. The minimum absolute atomic E-state index is 0.0403. The molecular formula is C42H61N9O15. The van der Waals surface area contributed by atoms with Crippen LogP contribution in [0.4, 0.5) is 10.5 Å². The van der Waals surface area contributed by atoms with Crippen molar-refractivity contribution in [2.45, 2.75) is 129 Å². The van der Waals surface area contributed by atoms with Gasteiger partial charge in [0.15, 0.2) is 0 Å². The lowest BCUT2D eigenvalue weighted by Crippen LogP contribution is -2.61. The molecule has 66 heavy (non-hydrogen) atoms. The number of anilines is 1. The number of ketones is 1. The van der Waals surface area contributed by atoms with E-state index in [2.05, 4.69) is 37.2 Å². The first-order valence-corrected chi connectivity index (χ1v) is 21.3. The highest BCUT2D eigenvalue weighted by atomic mass is 16.4. The lowest BCUT2D eigenvalue weighted by Gasteiger charge is -2.33. The maximum absolute atomic E-state index is 14.6. The molecule has 0 radical (unpaired) electrons. The van der Waals surface area contributed by atoms with E-state index in [1.165, 1.54) is 0 Å². The molecule has 7 atom stereocenters. The number of amides is 9. The average Bonchev–Trinajstić information content (AvgIpc) is 3.66. The third-order valence-corrected chi connectivity index (χ3v) is 10.2. The van der Waals surface area contributed by atoms with E-state index in [-0.39, 0.29) is 25.8 Å². The quantitative estimate of drug-likeness (QED) is 0.0488. The lowest BCUT2D eigenvalue weighted by molar-refractivity contribution is -0.145. The van der Waals surface area contributed by atoms with Crippen molar-refractivity contribution in [1.29, 1.82) is 0 Å². The number of carboxylic acids is 3. The van der Waals surface area contributed by atoms with Gasteiger partial charge in [-0.15, -0.1) is 0 Å². The van der Waals surface area contributed by atoms with E-state index in [1.54, 1.807) is 65.0 Å². The number of carboxylic acid groups (broad SMARTS) is 3. The van der Waals surface area contributed by atoms with Gasteiger partial charge in [-0.05, 0) is 49.7 Å². The van der Waals surface area contributed by atoms with Crippen LogP contribution in [0.25, 0.3) is 0 Å². The maximum atomic E-state index is 14.6. The zero-order chi connectivity index (χ0) is 49.8. The number of hydrogen-bond donors (Lipinski definition) is 11. The molecule has 1 fully saturated rings. The second-order valence-corrected chi connectivity index (χ2v) is 16.3. The van der Waals surface area contributed by atoms with Crippen LogP contribution in [0.15, 0.2) is 30.3 Å². The van der Waals surface area contributed by atoms with Gasteiger partial charge in [-0.25, -0.2) is 4.79 Å². The van der Waals surface area contributed by atoms with Crippen LogP contribution in [0.2, 0.25) is 0 Å². The van der Waals surface area contributed by atoms with Gasteiger partial charge in [0.1, 0.15) is 36.8 Å². The van der Waals surface area contributed by atoms with Gasteiger partial charge >= 0.3 is 23.9 Å². The van der Waals surface area contributed by atoms with Gasteiger partial charge in [-0.3, -0.25) is 52.7 Å². The first kappa shape index (κ1) is 55.0. The molecule has 0 bridgehead atoms. The predicted molar refractivity (Wildman–Crippen MR) is 232 cm³/mol. The summed E-state index contributed by atoms with van der Waals surface area (Å²) in [4.78, 5) is 155. The summed E-state index contributed by atoms with van der Waals surface area (Å²) in [6.07, 6.45) is -1.94. The monoisotopic (exact) mass is 931 g/mol. The SMILES string of the molecule is CCC[C@H](NC(=O)[C@@H]1C[C@@H](NC(=O)Nc2ccccc2)CN1C(=O)[C@@H](NC(=O)[C@@H](NC(=O)[C@H](CCC(=O)O)NC(=O)[C@H](CCC(=O)O)NC(C)=O)C(C)C)C(C)C)C(=O)C(=O)NCC(=O)O. The number of likely N-dealkylation sites (tertiary alicyclic amines) is 1. The largest absolute Gasteiger partial charge is 0.481 e. The van der Waals surface area contributed by atoms with Crippen molar-refractivity contribution in [3.8, 4) is 0 Å². The van der Waals surface area contributed by atoms with Crippen molar-refractivity contribution >= 4 is 76.8 Å². The number of carbonyl (C=O) groups is 12. The zero-order valence-corrected chi connectivity index (χ0v) is 37.6. The van der Waals surface area contributed by atoms with Crippen LogP contribution in [0.1, 0.15) is 86.5 Å². The topological polar surface area (TPSA) is 365 Å². The predicted octanol–water partition coefficient (Wildman–Crippen LogP) is -1.17. The lowest BCUT2D eigenvalue weighted by atomic mass is 9.98. The fourth-order valence-corrected chi connectivity index (χ4v) is 6.85. The van der Waals surface area contributed by atoms with Crippen LogP contribution < -0.4 is 42.5 Å². The molecule has 0 aromatic heterocycles. The number of nitrogens with zero attached hydrogens (tertiary/aromatic N) is 1. The van der Waals surface area contributed by atoms with Gasteiger partial charge in [0.05, 0.1) is 12.1 Å². The summed E-state index contributed by atoms with van der Waals surface area (Å²) >= 11 is 0. The standard InChI is InChI=1S/C42H61N9O15/c1-7-11-26(35(59)40(64)43-19-32(57)58)47-38(62)29-18-25(46-42(66)45-24-12-9-8-10-13-24)20-51(29)41(65)34(22(4)5)50-39(63)33(21(2)3)49-37(61)28(15-17-31(55)56)48-36(60)27(44-23(6)52)14-16-30(53)54/h8-10,12-13,21-22,25-29,33-34H,7,11,14-20H2,1-6H3,(H,43,64)(H,44,52)(H,47,62)(H,48,60)(H,49,61)(H,50,63)(H,53,54)(H,55,56)(H,57,58)(H2,45,46,66)/t25-,26+,27+,28+,29+,33+,34+/m1/s1. The van der Waals surface area contributed by atoms with Crippen molar-refractivity contribution in [3.05, 3.63) is 30.3 Å². The molecule has 11 N–H and O–H groups in total. The Morgan fingerprint density at radius 3 is 1.73 bits per heavy atom. The first-order valence-electron chi connectivity index (χ1n) is 21.3. The third kappa shape index (κ3) is 18.2. The number of rotatable bonds is 26. The summed E-state index contributed by atoms with van der Waals surface area (Å²) in [5, 5.41) is 47.0. The fourth-order valence-electron chi connectivity index (χ4n) is 6.85. The van der Waals surface area contributed by atoms with Gasteiger partial charge in [0.2, 0.25) is 41.2 Å². The van der Waals surface area contributed by atoms with Crippen LogP contribution >= 0.6 is 0 Å². The Labute approximate surface area is 380 Å². The second-order valence-electron chi connectivity index (χ2n) is 16.3. The average molecular weight is 932 g/mol. The van der Waals surface area contributed by atoms with E-state index in [1.807, 2.05) is 5.32 Å². The normalized spacial score (nSPS) is 16.6. The second kappa shape index (κ2) is 26.6. The Morgan fingerprint density at radius 2 is 1.21 bits per heavy atom. The van der Waals surface area contributed by atoms with E-state index in [4.69, 9.17) is 10.2 Å². The van der Waals surface area contributed by atoms with Crippen molar-refractivity contribution in [2.24, 2.45) is 11.8 Å². The number of Topliss-reactive ketones (excluding diaryl/α,β-unsaturated/α-hetero) is 1. The molecule has 0 spiro atoms. The Balaban J connectivity index is 2.44. The molecule has 24 heteroatoms. The molecule has 24 nitrogen and oxygen atoms in total. The molecule has 1 aliphatic rings. The summed E-state index contributed by atoms with van der Waals surface area (Å²) in [5.74, 6) is -13.1. The molecular weight excluding hydrogens is 871 g/mol. The molecule has 364 valence electrons. The van der Waals surface area contributed by atoms with Crippen molar-refractivity contribution < 1.29 is 72.9 Å². The van der Waals surface area contributed by atoms with Crippen LogP contribution in [0.3, 0.4) is 0 Å². The highest BCUT2D eigenvalue weighted by Crippen LogP contribution is 2.23. The molecule has 1 heterocycles. The van der Waals surface area contributed by atoms with E-state index in [0.29, 0.717) is 12.1 Å². The Bertz CT molecular complexity index is 1960. The van der Waals surface area contributed by atoms with Crippen LogP contribution in [0, 0.1) is 11.8 Å². The van der Waals surface area contributed by atoms with Crippen LogP contribution in [-0.2, 0) is 52.7 Å². The number of para-hydroxylation sites is 1. The minimum atomic E-state index is -1.59. The number of carbonyl (C=O) groups excluding carboxylic acids is 9. The van der Waals surface area contributed by atoms with Crippen LogP contribution in [0.5, 0.6) is 0 Å². The van der Waals surface area contributed by atoms with Gasteiger partial charge in [0, 0.05) is 32.0 Å². The van der Waals surface area contributed by atoms with Gasteiger partial charge < -0.3 is 62.8 Å². The summed E-state index contributed by atoms with van der Waals surface area (Å²) in [7, 11) is 0. The number of benzene rings is 1. The molecule has 0 unspecified atom stereocenters. The number of nitrogens with one attached hydrogen (secondary N) is 8. The van der Waals surface area contributed by atoms with Crippen molar-refractivity contribution in [1.82, 2.24) is 42.1 Å². The molecule has 1 saturated heterocycles. The smallest absolute Gasteiger partial charge is 0.322 e. The van der Waals surface area contributed by atoms with E-state index in [9.17, 15) is 62.6 Å². The minimum Gasteiger partial charge on any atom is -0.481 e. The van der Waals surface area contributed by atoms with Gasteiger partial charge in [-0.2, -0.15) is 0 Å². The Hall–Kier alpha value is -7.14. The van der Waals surface area contributed by atoms with E-state index < -0.39 is 151 Å². The van der Waals surface area contributed by atoms with Gasteiger partial charge in [0.25, 0.3) is 5.91 Å². The number of hydrogen-bond acceptors (Lipinski definition) is 12. The summed E-state index contributed by atoms with van der Waals surface area (Å²) in [6.45, 7) is 7.88. The third-order valence-electron chi connectivity index (χ3n) is 10.2. The Morgan fingerprint density at radius 1 is 0.667 bits per heavy atom. The highest BCUT2D eigenvalue weighted by molar-refractivity contribution is 6.38. The summed E-state index contributed by atoms with van der Waals surface area (Å²) in [6, 6.07) is -1.82. The van der Waals surface area contributed by atoms with Gasteiger partial charge in [-0.1, -0.05) is 59.2 Å². The fraction of sp³-hybridized carbons (Fsp3) is 0.571. The molecule has 0 saturated carbocycles. The first-order chi connectivity index (χ1) is 30.9. The molecule has 1 aromatic rings. The maximum Gasteiger partial charge on any atom is 0.322 e.